The summed E-state index contributed by atoms with van der Waals surface area (Å²) < 4.78 is 0. The second-order valence-electron chi connectivity index (χ2n) is 5.37. The standard InChI is InChI=1S/C9H10O/c1-8-4-2-3-6(4)9(8,10)7(3)5(2)8/h2-7,10H,1H3. The summed E-state index contributed by atoms with van der Waals surface area (Å²) in [5.74, 6) is 5.75. The van der Waals surface area contributed by atoms with E-state index in [2.05, 4.69) is 6.92 Å². The van der Waals surface area contributed by atoms with Crippen molar-refractivity contribution in [3.8, 4) is 0 Å². The molecular formula is C9H10O. The molecular weight excluding hydrogens is 124 g/mol. The van der Waals surface area contributed by atoms with Crippen LogP contribution >= 0.6 is 0 Å². The zero-order chi connectivity index (χ0) is 6.46. The lowest BCUT2D eigenvalue weighted by Gasteiger charge is -3.10. The Morgan fingerprint density at radius 1 is 1.00 bits per heavy atom. The van der Waals surface area contributed by atoms with Crippen molar-refractivity contribution < 1.29 is 5.11 Å². The fraction of sp³-hybridized carbons (Fsp3) is 1.00. The zero-order valence-corrected chi connectivity index (χ0v) is 5.91. The molecule has 0 aromatic carbocycles. The Bertz CT molecular complexity index is 245. The van der Waals surface area contributed by atoms with Gasteiger partial charge in [-0.25, -0.2) is 0 Å². The van der Waals surface area contributed by atoms with Gasteiger partial charge in [-0.2, -0.15) is 0 Å². The molecule has 0 saturated heterocycles. The summed E-state index contributed by atoms with van der Waals surface area (Å²) >= 11 is 0. The van der Waals surface area contributed by atoms with Crippen molar-refractivity contribution in [2.75, 3.05) is 0 Å². The number of rotatable bonds is 0. The summed E-state index contributed by atoms with van der Waals surface area (Å²) in [5.41, 5.74) is 0.365. The minimum atomic E-state index is -0.0955. The van der Waals surface area contributed by atoms with Crippen LogP contribution in [-0.4, -0.2) is 10.7 Å². The summed E-state index contributed by atoms with van der Waals surface area (Å²) in [6, 6.07) is 0. The molecule has 1 nitrogen and oxygen atoms in total. The number of hydrogen-bond acceptors (Lipinski definition) is 1. The van der Waals surface area contributed by atoms with E-state index in [1.807, 2.05) is 0 Å². The maximum atomic E-state index is 10.1. The molecule has 0 aliphatic heterocycles. The van der Waals surface area contributed by atoms with Crippen molar-refractivity contribution >= 4 is 0 Å². The molecule has 10 heavy (non-hydrogen) atoms. The molecule has 6 aliphatic carbocycles. The average Bonchev–Trinajstić information content (AvgIpc) is 1.90. The van der Waals surface area contributed by atoms with Crippen LogP contribution in [0.1, 0.15) is 6.92 Å². The van der Waals surface area contributed by atoms with E-state index in [0.29, 0.717) is 5.41 Å². The fourth-order valence-electron chi connectivity index (χ4n) is 6.02. The summed E-state index contributed by atoms with van der Waals surface area (Å²) in [6.07, 6.45) is 0. The molecule has 1 heteroatoms. The lowest BCUT2D eigenvalue weighted by Crippen LogP contribution is -3.12. The van der Waals surface area contributed by atoms with E-state index in [1.165, 1.54) is 0 Å². The molecule has 4 atom stereocenters. The lowest BCUT2D eigenvalue weighted by atomic mass is 8.95. The van der Waals surface area contributed by atoms with Crippen LogP contribution in [0.15, 0.2) is 0 Å². The van der Waals surface area contributed by atoms with E-state index >= 15 is 0 Å². The molecule has 6 rings (SSSR count). The predicted octanol–water partition coefficient (Wildman–Crippen LogP) is 0.489. The molecule has 0 bridgehead atoms. The van der Waals surface area contributed by atoms with Crippen LogP contribution in [0.4, 0.5) is 0 Å². The minimum Gasteiger partial charge on any atom is -0.389 e. The van der Waals surface area contributed by atoms with E-state index in [1.54, 1.807) is 0 Å². The fourth-order valence-corrected chi connectivity index (χ4v) is 6.02. The second kappa shape index (κ2) is 0.632. The summed E-state index contributed by atoms with van der Waals surface area (Å²) in [7, 11) is 0. The topological polar surface area (TPSA) is 20.2 Å². The van der Waals surface area contributed by atoms with Crippen LogP contribution in [0, 0.1) is 40.9 Å². The SMILES string of the molecule is CC12C3C4C5C3C1(O)C5C42. The molecule has 52 valence electrons. The first-order chi connectivity index (χ1) is 4.74. The van der Waals surface area contributed by atoms with Gasteiger partial charge in [-0.15, -0.1) is 0 Å². The molecule has 1 N–H and O–H groups in total. The van der Waals surface area contributed by atoms with Crippen molar-refractivity contribution in [2.45, 2.75) is 12.5 Å². The molecule has 0 aromatic heterocycles. The highest BCUT2D eigenvalue weighted by molar-refractivity contribution is 5.56. The molecule has 6 fully saturated rings. The third-order valence-corrected chi connectivity index (χ3v) is 6.14. The Labute approximate surface area is 59.4 Å². The van der Waals surface area contributed by atoms with Crippen molar-refractivity contribution in [2.24, 2.45) is 40.9 Å². The Morgan fingerprint density at radius 2 is 1.50 bits per heavy atom. The second-order valence-corrected chi connectivity index (χ2v) is 5.37. The highest BCUT2D eigenvalue weighted by atomic mass is 16.3. The van der Waals surface area contributed by atoms with Gasteiger partial charge >= 0.3 is 0 Å². The van der Waals surface area contributed by atoms with Gasteiger partial charge in [0.25, 0.3) is 0 Å². The molecule has 0 amide bonds. The molecule has 0 aromatic rings. The Morgan fingerprint density at radius 3 is 1.80 bits per heavy atom. The van der Waals surface area contributed by atoms with Crippen LogP contribution < -0.4 is 0 Å². The molecule has 6 aliphatic rings. The van der Waals surface area contributed by atoms with E-state index in [0.717, 1.165) is 35.5 Å². The van der Waals surface area contributed by atoms with Crippen LogP contribution in [-0.2, 0) is 0 Å². The van der Waals surface area contributed by atoms with E-state index < -0.39 is 0 Å². The van der Waals surface area contributed by atoms with E-state index in [4.69, 9.17) is 0 Å². The van der Waals surface area contributed by atoms with Crippen LogP contribution in [0.3, 0.4) is 0 Å². The molecule has 0 heterocycles. The summed E-state index contributed by atoms with van der Waals surface area (Å²) in [4.78, 5) is 0. The molecule has 0 radical (unpaired) electrons. The van der Waals surface area contributed by atoms with Gasteiger partial charge < -0.3 is 5.11 Å². The Hall–Kier alpha value is -0.0400. The van der Waals surface area contributed by atoms with Crippen molar-refractivity contribution in [1.82, 2.24) is 0 Å². The maximum absolute atomic E-state index is 10.1. The highest BCUT2D eigenvalue weighted by Gasteiger charge is 3.09. The average molecular weight is 134 g/mol. The maximum Gasteiger partial charge on any atom is 0.0774 e. The van der Waals surface area contributed by atoms with Gasteiger partial charge in [0.05, 0.1) is 5.60 Å². The van der Waals surface area contributed by atoms with Crippen molar-refractivity contribution in [1.29, 1.82) is 0 Å². The van der Waals surface area contributed by atoms with Gasteiger partial charge in [0.1, 0.15) is 0 Å². The van der Waals surface area contributed by atoms with E-state index in [-0.39, 0.29) is 5.60 Å². The predicted molar refractivity (Wildman–Crippen MR) is 34.0 cm³/mol. The van der Waals surface area contributed by atoms with E-state index in [9.17, 15) is 5.11 Å². The third kappa shape index (κ3) is 0.104. The highest BCUT2D eigenvalue weighted by Crippen LogP contribution is 3.06. The smallest absolute Gasteiger partial charge is 0.0774 e. The minimum absolute atomic E-state index is 0.0955. The molecule has 6 saturated carbocycles. The van der Waals surface area contributed by atoms with Gasteiger partial charge in [0.15, 0.2) is 0 Å². The van der Waals surface area contributed by atoms with Crippen LogP contribution in [0.25, 0.3) is 0 Å². The van der Waals surface area contributed by atoms with Crippen molar-refractivity contribution in [3.63, 3.8) is 0 Å². The third-order valence-electron chi connectivity index (χ3n) is 6.14. The van der Waals surface area contributed by atoms with Crippen molar-refractivity contribution in [3.05, 3.63) is 0 Å². The first-order valence-electron chi connectivity index (χ1n) is 4.46. The van der Waals surface area contributed by atoms with Crippen LogP contribution in [0.5, 0.6) is 0 Å². The van der Waals surface area contributed by atoms with Gasteiger partial charge in [-0.05, 0) is 35.5 Å². The summed E-state index contributed by atoms with van der Waals surface area (Å²) in [5, 5.41) is 10.1. The van der Waals surface area contributed by atoms with Crippen LogP contribution in [0.2, 0.25) is 0 Å². The number of aliphatic hydroxyl groups is 1. The Balaban J connectivity index is 1.91. The van der Waals surface area contributed by atoms with Gasteiger partial charge in [-0.1, -0.05) is 6.92 Å². The largest absolute Gasteiger partial charge is 0.389 e. The van der Waals surface area contributed by atoms with Gasteiger partial charge in [-0.3, -0.25) is 0 Å². The quantitative estimate of drug-likeness (QED) is 0.511. The Kier molecular flexibility index (Phi) is 0.260. The van der Waals surface area contributed by atoms with Gasteiger partial charge in [0, 0.05) is 5.41 Å². The molecule has 0 spiro atoms. The van der Waals surface area contributed by atoms with Gasteiger partial charge in [0.2, 0.25) is 0 Å². The first-order valence-corrected chi connectivity index (χ1v) is 4.46. The monoisotopic (exact) mass is 134 g/mol. The normalized spacial score (nSPS) is 104. The number of hydrogen-bond donors (Lipinski definition) is 1. The summed E-state index contributed by atoms with van der Waals surface area (Å²) in [6.45, 7) is 2.32. The first kappa shape index (κ1) is 4.10. The zero-order valence-electron chi connectivity index (χ0n) is 5.91. The lowest BCUT2D eigenvalue weighted by molar-refractivity contribution is -0.661. The molecule has 4 unspecified atom stereocenters.